The molecule has 208 valence electrons. The van der Waals surface area contributed by atoms with Crippen molar-refractivity contribution in [3.8, 4) is 17.2 Å². The number of amides is 1. The molecule has 0 saturated carbocycles. The lowest BCUT2D eigenvalue weighted by Crippen LogP contribution is -2.60. The summed E-state index contributed by atoms with van der Waals surface area (Å²) in [7, 11) is 0.811. The maximum atomic E-state index is 13.8. The van der Waals surface area contributed by atoms with Crippen LogP contribution in [0, 0.1) is 0 Å². The zero-order chi connectivity index (χ0) is 28.0. The summed E-state index contributed by atoms with van der Waals surface area (Å²) in [6.07, 6.45) is 0.805. The number of hydrogen-bond acceptors (Lipinski definition) is 7. The van der Waals surface area contributed by atoms with Gasteiger partial charge in [-0.25, -0.2) is 8.42 Å². The molecule has 0 radical (unpaired) electrons. The van der Waals surface area contributed by atoms with Gasteiger partial charge in [-0.1, -0.05) is 31.2 Å². The number of sulfonamides is 1. The van der Waals surface area contributed by atoms with Crippen molar-refractivity contribution in [1.82, 2.24) is 9.62 Å². The number of ether oxygens (including phenoxy) is 3. The number of anilines is 1. The van der Waals surface area contributed by atoms with Crippen molar-refractivity contribution in [2.24, 2.45) is 0 Å². The minimum absolute atomic E-state index is 0.137. The molecule has 1 aliphatic rings. The first-order valence-corrected chi connectivity index (χ1v) is 14.2. The molecule has 4 rings (SSSR count). The molecule has 1 aliphatic heterocycles. The predicted octanol–water partition coefficient (Wildman–Crippen LogP) is 3.47. The molecule has 1 amide bonds. The molecule has 1 saturated heterocycles. The number of carbonyl (C=O) groups excluding carboxylic acids is 1. The van der Waals surface area contributed by atoms with E-state index in [1.807, 2.05) is 60.4 Å². The fraction of sp³-hybridized carbons (Fsp3) is 0.345. The van der Waals surface area contributed by atoms with Gasteiger partial charge in [0.1, 0.15) is 23.3 Å². The molecule has 0 spiro atoms. The molecule has 1 fully saturated rings. The molecular formula is C29H35N3O6S. The van der Waals surface area contributed by atoms with Gasteiger partial charge >= 0.3 is 0 Å². The van der Waals surface area contributed by atoms with Gasteiger partial charge in [0, 0.05) is 50.1 Å². The van der Waals surface area contributed by atoms with Crippen molar-refractivity contribution in [2.45, 2.75) is 30.8 Å². The van der Waals surface area contributed by atoms with E-state index in [2.05, 4.69) is 5.32 Å². The zero-order valence-corrected chi connectivity index (χ0v) is 23.5. The number of aryl methyl sites for hydroxylation is 1. The molecule has 1 heterocycles. The summed E-state index contributed by atoms with van der Waals surface area (Å²) in [5, 5.41) is 2.93. The number of benzene rings is 3. The monoisotopic (exact) mass is 553 g/mol. The Bertz CT molecular complexity index is 1350. The van der Waals surface area contributed by atoms with Gasteiger partial charge < -0.3 is 24.4 Å². The van der Waals surface area contributed by atoms with E-state index >= 15 is 0 Å². The van der Waals surface area contributed by atoms with E-state index in [-0.39, 0.29) is 30.4 Å². The van der Waals surface area contributed by atoms with E-state index in [1.54, 1.807) is 39.5 Å². The van der Waals surface area contributed by atoms with Gasteiger partial charge in [0.05, 0.1) is 26.2 Å². The first-order valence-electron chi connectivity index (χ1n) is 12.8. The van der Waals surface area contributed by atoms with Crippen molar-refractivity contribution in [1.29, 1.82) is 0 Å². The Morgan fingerprint density at radius 2 is 1.44 bits per heavy atom. The lowest BCUT2D eigenvalue weighted by atomic mass is 10.1. The number of rotatable bonds is 10. The van der Waals surface area contributed by atoms with E-state index in [1.165, 1.54) is 4.31 Å². The van der Waals surface area contributed by atoms with Crippen LogP contribution < -0.4 is 24.4 Å². The van der Waals surface area contributed by atoms with E-state index in [0.717, 1.165) is 23.2 Å². The van der Waals surface area contributed by atoms with Crippen LogP contribution in [0.25, 0.3) is 0 Å². The predicted molar refractivity (Wildman–Crippen MR) is 150 cm³/mol. The van der Waals surface area contributed by atoms with Crippen molar-refractivity contribution in [2.75, 3.05) is 45.9 Å². The van der Waals surface area contributed by atoms with Crippen LogP contribution in [0.5, 0.6) is 17.2 Å². The molecule has 0 unspecified atom stereocenters. The van der Waals surface area contributed by atoms with Crippen LogP contribution in [0.1, 0.15) is 18.1 Å². The summed E-state index contributed by atoms with van der Waals surface area (Å²) in [6.45, 7) is 2.96. The Kier molecular flexibility index (Phi) is 8.98. The minimum atomic E-state index is -3.92. The number of hydrogen-bond donors (Lipinski definition) is 1. The number of nitrogens with zero attached hydrogens (tertiary/aromatic N) is 2. The molecule has 0 aliphatic carbocycles. The SMILES string of the molecule is CCc1ccc(S(=O)(=O)N2CCN(c3cc(OC)cc(OC)c3)C[C@H]2C(=O)NCc2ccc(OC)cc2)cc1. The molecule has 1 atom stereocenters. The van der Waals surface area contributed by atoms with Gasteiger partial charge in [0.15, 0.2) is 0 Å². The third kappa shape index (κ3) is 6.46. The Balaban J connectivity index is 1.62. The summed E-state index contributed by atoms with van der Waals surface area (Å²) < 4.78 is 44.9. The van der Waals surface area contributed by atoms with Crippen molar-refractivity contribution in [3.63, 3.8) is 0 Å². The number of nitrogens with one attached hydrogen (secondary N) is 1. The summed E-state index contributed by atoms with van der Waals surface area (Å²) in [4.78, 5) is 15.7. The van der Waals surface area contributed by atoms with Gasteiger partial charge in [0.25, 0.3) is 0 Å². The highest BCUT2D eigenvalue weighted by Gasteiger charge is 2.40. The highest BCUT2D eigenvalue weighted by Crippen LogP contribution is 2.31. The fourth-order valence-electron chi connectivity index (χ4n) is 4.56. The van der Waals surface area contributed by atoms with Crippen LogP contribution in [0.15, 0.2) is 71.6 Å². The molecule has 10 heteroatoms. The zero-order valence-electron chi connectivity index (χ0n) is 22.7. The van der Waals surface area contributed by atoms with Gasteiger partial charge in [-0.2, -0.15) is 4.31 Å². The average Bonchev–Trinajstić information content (AvgIpc) is 2.99. The maximum absolute atomic E-state index is 13.8. The van der Waals surface area contributed by atoms with E-state index in [9.17, 15) is 13.2 Å². The van der Waals surface area contributed by atoms with Crippen LogP contribution in [0.4, 0.5) is 5.69 Å². The van der Waals surface area contributed by atoms with Gasteiger partial charge in [-0.05, 0) is 41.8 Å². The second-order valence-electron chi connectivity index (χ2n) is 9.21. The largest absolute Gasteiger partial charge is 0.497 e. The Morgan fingerprint density at radius 1 is 0.846 bits per heavy atom. The highest BCUT2D eigenvalue weighted by atomic mass is 32.2. The minimum Gasteiger partial charge on any atom is -0.497 e. The normalized spacial score (nSPS) is 16.0. The van der Waals surface area contributed by atoms with Crippen LogP contribution in [-0.4, -0.2) is 65.6 Å². The van der Waals surface area contributed by atoms with Crippen molar-refractivity contribution in [3.05, 3.63) is 77.9 Å². The highest BCUT2D eigenvalue weighted by molar-refractivity contribution is 7.89. The molecule has 9 nitrogen and oxygen atoms in total. The molecule has 0 aromatic heterocycles. The fourth-order valence-corrected chi connectivity index (χ4v) is 6.13. The second kappa shape index (κ2) is 12.4. The summed E-state index contributed by atoms with van der Waals surface area (Å²) >= 11 is 0. The smallest absolute Gasteiger partial charge is 0.243 e. The summed E-state index contributed by atoms with van der Waals surface area (Å²) in [5.41, 5.74) is 2.70. The first-order chi connectivity index (χ1) is 18.8. The first kappa shape index (κ1) is 28.3. The van der Waals surface area contributed by atoms with Crippen LogP contribution >= 0.6 is 0 Å². The lowest BCUT2D eigenvalue weighted by molar-refractivity contribution is -0.125. The number of piperazine rings is 1. The molecule has 3 aromatic rings. The number of carbonyl (C=O) groups is 1. The number of methoxy groups -OCH3 is 3. The summed E-state index contributed by atoms with van der Waals surface area (Å²) in [5.74, 6) is 1.55. The maximum Gasteiger partial charge on any atom is 0.243 e. The third-order valence-electron chi connectivity index (χ3n) is 6.90. The van der Waals surface area contributed by atoms with Gasteiger partial charge in [-0.15, -0.1) is 0 Å². The van der Waals surface area contributed by atoms with Gasteiger partial charge in [-0.3, -0.25) is 4.79 Å². The van der Waals surface area contributed by atoms with E-state index in [0.29, 0.717) is 23.8 Å². The third-order valence-corrected chi connectivity index (χ3v) is 8.82. The molecule has 1 N–H and O–H groups in total. The standard InChI is InChI=1S/C29H35N3O6S/c1-5-21-8-12-27(13-9-21)39(34,35)32-15-14-31(23-16-25(37-3)18-26(17-23)38-4)20-28(32)29(33)30-19-22-6-10-24(36-2)11-7-22/h6-13,16-18,28H,5,14-15,19-20H2,1-4H3,(H,30,33)/t28-/m0/s1. The van der Waals surface area contributed by atoms with Crippen LogP contribution in [0.2, 0.25) is 0 Å². The Hall–Kier alpha value is -3.76. The van der Waals surface area contributed by atoms with Crippen LogP contribution in [0.3, 0.4) is 0 Å². The lowest BCUT2D eigenvalue weighted by Gasteiger charge is -2.40. The molecular weight excluding hydrogens is 518 g/mol. The quantitative estimate of drug-likeness (QED) is 0.411. The molecule has 39 heavy (non-hydrogen) atoms. The van der Waals surface area contributed by atoms with E-state index in [4.69, 9.17) is 14.2 Å². The van der Waals surface area contributed by atoms with Gasteiger partial charge in [0.2, 0.25) is 15.9 Å². The Labute approximate surface area is 230 Å². The second-order valence-corrected chi connectivity index (χ2v) is 11.1. The average molecular weight is 554 g/mol. The van der Waals surface area contributed by atoms with Crippen LogP contribution in [-0.2, 0) is 27.8 Å². The van der Waals surface area contributed by atoms with E-state index < -0.39 is 16.1 Å². The molecule has 3 aromatic carbocycles. The van der Waals surface area contributed by atoms with Crippen molar-refractivity contribution < 1.29 is 27.4 Å². The van der Waals surface area contributed by atoms with Crippen molar-refractivity contribution >= 4 is 21.6 Å². The topological polar surface area (TPSA) is 97.4 Å². The summed E-state index contributed by atoms with van der Waals surface area (Å²) in [6, 6.07) is 18.7. The Morgan fingerprint density at radius 3 is 2.00 bits per heavy atom. The molecule has 0 bridgehead atoms.